The highest BCUT2D eigenvalue weighted by Gasteiger charge is 2.48. The van der Waals surface area contributed by atoms with E-state index in [2.05, 4.69) is 26.6 Å². The van der Waals surface area contributed by atoms with Crippen molar-refractivity contribution in [2.24, 2.45) is 5.92 Å². The Kier molecular flexibility index (Phi) is 19.5. The van der Waals surface area contributed by atoms with Crippen LogP contribution in [0.2, 0.25) is 0 Å². The number of likely N-dealkylation sites (N-methyl/N-ethyl adjacent to an activating group) is 1. The van der Waals surface area contributed by atoms with E-state index in [9.17, 15) is 62.6 Å². The summed E-state index contributed by atoms with van der Waals surface area (Å²) in [5.41, 5.74) is -0.309. The van der Waals surface area contributed by atoms with Crippen molar-refractivity contribution in [1.82, 2.24) is 50.8 Å². The first kappa shape index (κ1) is 67.0. The molecule has 9 amide bonds. The summed E-state index contributed by atoms with van der Waals surface area (Å²) < 4.78 is 39.3. The summed E-state index contributed by atoms with van der Waals surface area (Å²) in [5, 5.41) is 24.4. The molecule has 0 spiro atoms. The smallest absolute Gasteiger partial charge is 0.410 e. The average Bonchev–Trinajstić information content (AvgIpc) is 1.45. The Morgan fingerprint density at radius 3 is 2.11 bits per heavy atom. The monoisotopic (exact) mass is 1270 g/mol. The van der Waals surface area contributed by atoms with Crippen LogP contribution in [-0.4, -0.2) is 171 Å². The molecule has 5 heterocycles. The second-order valence-electron chi connectivity index (χ2n) is 25.3. The van der Waals surface area contributed by atoms with Crippen molar-refractivity contribution in [3.8, 4) is 11.4 Å². The molecule has 2 aromatic carbocycles. The Morgan fingerprint density at radius 2 is 1.47 bits per heavy atom. The summed E-state index contributed by atoms with van der Waals surface area (Å²) in [6.45, 7) is 8.37. The lowest BCUT2D eigenvalue weighted by molar-refractivity contribution is -0.172. The lowest BCUT2D eigenvalue weighted by Gasteiger charge is -2.36. The number of rotatable bonds is 23. The molecule has 2 aliphatic carbocycles. The second kappa shape index (κ2) is 26.8. The number of aliphatic hydroxyl groups is 1. The van der Waals surface area contributed by atoms with Crippen LogP contribution in [0.25, 0.3) is 22.3 Å². The van der Waals surface area contributed by atoms with Crippen LogP contribution >= 0.6 is 0 Å². The van der Waals surface area contributed by atoms with Gasteiger partial charge in [0.05, 0.1) is 61.2 Å². The molecule has 0 radical (unpaired) electrons. The maximum Gasteiger partial charge on any atom is 0.410 e. The number of nitrogens with zero attached hydrogens (tertiary/aromatic N) is 5. The number of amides is 9. The third-order valence-electron chi connectivity index (χ3n) is 16.5. The van der Waals surface area contributed by atoms with Gasteiger partial charge in [0.25, 0.3) is 23.3 Å². The molecule has 5 aliphatic rings. The average molecular weight is 1280 g/mol. The Balaban J connectivity index is 0.810. The molecule has 3 aliphatic heterocycles. The van der Waals surface area contributed by atoms with Gasteiger partial charge in [-0.1, -0.05) is 37.3 Å². The topological polar surface area (TPSA) is 350 Å². The first-order valence-electron chi connectivity index (χ1n) is 30.2. The second-order valence-corrected chi connectivity index (χ2v) is 25.3. The van der Waals surface area contributed by atoms with Crippen molar-refractivity contribution in [2.45, 2.75) is 148 Å². The maximum atomic E-state index is 15.7. The van der Waals surface area contributed by atoms with Crippen molar-refractivity contribution in [1.29, 1.82) is 0 Å². The molecule has 4 aromatic rings. The summed E-state index contributed by atoms with van der Waals surface area (Å²) in [5.74, 6) is -9.06. The van der Waals surface area contributed by atoms with Gasteiger partial charge in [-0.3, -0.25) is 57.7 Å². The van der Waals surface area contributed by atoms with E-state index in [0.29, 0.717) is 75.1 Å². The highest BCUT2D eigenvalue weighted by Crippen LogP contribution is 2.48. The molecule has 0 bridgehead atoms. The molecule has 92 heavy (non-hydrogen) atoms. The fourth-order valence-electron chi connectivity index (χ4n) is 11.7. The number of fused-ring (bicyclic) bond motifs is 5. The molecule has 9 rings (SSSR count). The molecule has 28 heteroatoms. The number of halogens is 1. The number of aryl methyl sites for hydroxylation is 1. The summed E-state index contributed by atoms with van der Waals surface area (Å²) >= 11 is 0. The highest BCUT2D eigenvalue weighted by molar-refractivity contribution is 6.15. The van der Waals surface area contributed by atoms with Gasteiger partial charge in [-0.25, -0.2) is 19.0 Å². The molecule has 1 fully saturated rings. The molecule has 2 aromatic heterocycles. The maximum absolute atomic E-state index is 15.7. The van der Waals surface area contributed by atoms with E-state index in [1.54, 1.807) is 104 Å². The molecule has 0 unspecified atom stereocenters. The number of pyridine rings is 2. The lowest BCUT2D eigenvalue weighted by atomic mass is 9.81. The number of hydrogen-bond donors (Lipinski definition) is 6. The largest absolute Gasteiger partial charge is 0.459 e. The van der Waals surface area contributed by atoms with Crippen LogP contribution in [0.3, 0.4) is 0 Å². The van der Waals surface area contributed by atoms with E-state index in [4.69, 9.17) is 23.9 Å². The number of carbonyl (C=O) groups is 11. The number of imide groups is 1. The van der Waals surface area contributed by atoms with Crippen LogP contribution in [0.15, 0.2) is 59.4 Å². The third kappa shape index (κ3) is 14.7. The van der Waals surface area contributed by atoms with Gasteiger partial charge in [0.2, 0.25) is 29.5 Å². The minimum Gasteiger partial charge on any atom is -0.459 e. The quantitative estimate of drug-likeness (QED) is 0.0235. The lowest BCUT2D eigenvalue weighted by Crippen LogP contribution is -2.57. The van der Waals surface area contributed by atoms with Crippen LogP contribution in [-0.2, 0) is 98.5 Å². The zero-order chi connectivity index (χ0) is 66.9. The minimum atomic E-state index is -2.08. The summed E-state index contributed by atoms with van der Waals surface area (Å²) in [6.07, 6.45) is 1.65. The number of aromatic nitrogens is 2. The van der Waals surface area contributed by atoms with Crippen molar-refractivity contribution < 1.29 is 81.2 Å². The standard InChI is InChI=1S/C64H75FN10O17/c1-10-64(88)39-23-44-54-37(28-74(44)58(84)38(39)31-89-60(64)86)53-43(19-18-36-33(2)40(65)24-41(71-54)52(36)53)72(9)59(85)55(35-16-17-35)90-32-69-47(77)26-67-56(82)42(22-34-14-12-11-13-15-34)70-48(78)27-66-46(76)25-68-57(83)45(75-49(79)20-21-50(75)80)29-73(61(87)92-63(6,7)8)30-51(81)91-62(3,4)5/h11-15,20-21,23-24,35,42-43,45,55,88H,10,16-19,22,25-32H2,1-9H3,(H,66,76)(H,67,82)(H,68,83)(H,69,77)(H,70,78)/t42-,43-,45-,55+,64-/m0/s1. The van der Waals surface area contributed by atoms with Gasteiger partial charge in [0.15, 0.2) is 5.60 Å². The predicted molar refractivity (Wildman–Crippen MR) is 323 cm³/mol. The number of esters is 2. The van der Waals surface area contributed by atoms with E-state index in [1.165, 1.54) is 10.6 Å². The number of hydrogen-bond acceptors (Lipinski definition) is 18. The number of cyclic esters (lactones) is 1. The number of carbonyl (C=O) groups excluding carboxylic acids is 11. The fourth-order valence-corrected chi connectivity index (χ4v) is 11.7. The van der Waals surface area contributed by atoms with E-state index in [-0.39, 0.29) is 43.0 Å². The van der Waals surface area contributed by atoms with Crippen molar-refractivity contribution in [2.75, 3.05) is 46.5 Å². The molecule has 0 saturated heterocycles. The Morgan fingerprint density at radius 1 is 0.826 bits per heavy atom. The molecular formula is C64H75FN10O17. The summed E-state index contributed by atoms with van der Waals surface area (Å²) in [7, 11) is 1.64. The number of benzene rings is 2. The Hall–Kier alpha value is -9.44. The first-order valence-corrected chi connectivity index (χ1v) is 30.2. The van der Waals surface area contributed by atoms with Crippen molar-refractivity contribution >= 4 is 76.2 Å². The minimum absolute atomic E-state index is 0.0362. The van der Waals surface area contributed by atoms with Gasteiger partial charge in [0, 0.05) is 48.2 Å². The Labute approximate surface area is 528 Å². The summed E-state index contributed by atoms with van der Waals surface area (Å²) in [6, 6.07) is 7.78. The molecular weight excluding hydrogens is 1200 g/mol. The molecule has 490 valence electrons. The van der Waals surface area contributed by atoms with Crippen LogP contribution in [0.4, 0.5) is 9.18 Å². The van der Waals surface area contributed by atoms with Gasteiger partial charge in [-0.05, 0) is 115 Å². The van der Waals surface area contributed by atoms with Gasteiger partial charge in [-0.15, -0.1) is 0 Å². The van der Waals surface area contributed by atoms with Crippen LogP contribution in [0.1, 0.15) is 119 Å². The fraction of sp³-hybridized carbons (Fsp3) is 0.484. The van der Waals surface area contributed by atoms with Gasteiger partial charge in [-0.2, -0.15) is 0 Å². The van der Waals surface area contributed by atoms with Gasteiger partial charge >= 0.3 is 18.0 Å². The van der Waals surface area contributed by atoms with E-state index in [1.807, 2.05) is 0 Å². The first-order chi connectivity index (χ1) is 43.4. The van der Waals surface area contributed by atoms with Crippen molar-refractivity contribution in [3.05, 3.63) is 110 Å². The highest BCUT2D eigenvalue weighted by atomic mass is 19.1. The van der Waals surface area contributed by atoms with Crippen LogP contribution in [0, 0.1) is 18.7 Å². The van der Waals surface area contributed by atoms with E-state index < -0.39 is 157 Å². The van der Waals surface area contributed by atoms with E-state index >= 15 is 4.39 Å². The third-order valence-corrected chi connectivity index (χ3v) is 16.5. The molecule has 27 nitrogen and oxygen atoms in total. The normalized spacial score (nSPS) is 18.1. The molecule has 5 atom stereocenters. The van der Waals surface area contributed by atoms with Gasteiger partial charge in [0.1, 0.15) is 55.1 Å². The summed E-state index contributed by atoms with van der Waals surface area (Å²) in [4.78, 5) is 169. The zero-order valence-corrected chi connectivity index (χ0v) is 52.6. The van der Waals surface area contributed by atoms with Crippen LogP contribution < -0.4 is 32.1 Å². The predicted octanol–water partition coefficient (Wildman–Crippen LogP) is 1.79. The SMILES string of the molecule is CC[C@@]1(O)C(=O)OCc2c1cc1n(c2=O)Cc2c-1nc1cc(F)c(C)c3c1c2[C@@H](N(C)C(=O)[C@H](OCNC(=O)CNC(=O)[C@H](Cc1ccccc1)NC(=O)CNC(=O)CNC(=O)[C@H](CN(CC(=O)OC(C)(C)C)C(=O)OC(C)(C)C)N1C(=O)C=CC1=O)C1CC1)CC3. The Bertz CT molecular complexity index is 3780. The zero-order valence-electron chi connectivity index (χ0n) is 52.6. The van der Waals surface area contributed by atoms with Crippen molar-refractivity contribution in [3.63, 3.8) is 0 Å². The molecule has 6 N–H and O–H groups in total. The van der Waals surface area contributed by atoms with Crippen LogP contribution in [0.5, 0.6) is 0 Å². The molecule has 1 saturated carbocycles. The number of ether oxygens (including phenoxy) is 4. The number of nitrogens with one attached hydrogen (secondary N) is 5. The van der Waals surface area contributed by atoms with Gasteiger partial charge < -0.3 is 60.1 Å². The van der Waals surface area contributed by atoms with E-state index in [0.717, 1.165) is 22.6 Å².